The minimum Gasteiger partial charge on any atom is -0.494 e. The van der Waals surface area contributed by atoms with E-state index in [2.05, 4.69) is 6.07 Å². The summed E-state index contributed by atoms with van der Waals surface area (Å²) in [6.07, 6.45) is 0.950. The number of hydrogen-bond acceptors (Lipinski definition) is 4. The highest BCUT2D eigenvalue weighted by molar-refractivity contribution is 5.34. The Morgan fingerprint density at radius 1 is 1.21 bits per heavy atom. The second kappa shape index (κ2) is 9.37. The van der Waals surface area contributed by atoms with Crippen LogP contribution in [0.2, 0.25) is 0 Å². The fourth-order valence-corrected chi connectivity index (χ4v) is 1.49. The van der Waals surface area contributed by atoms with Gasteiger partial charge >= 0.3 is 0 Å². The summed E-state index contributed by atoms with van der Waals surface area (Å²) in [7, 11) is 0. The summed E-state index contributed by atoms with van der Waals surface area (Å²) in [4.78, 5) is 0. The van der Waals surface area contributed by atoms with Crippen molar-refractivity contribution >= 4 is 0 Å². The molecule has 4 nitrogen and oxygen atoms in total. The maximum absolute atomic E-state index is 8.67. The highest BCUT2D eigenvalue weighted by Crippen LogP contribution is 2.11. The van der Waals surface area contributed by atoms with Crippen molar-refractivity contribution in [2.24, 2.45) is 0 Å². The Morgan fingerprint density at radius 3 is 2.58 bits per heavy atom. The van der Waals surface area contributed by atoms with Gasteiger partial charge in [-0.05, 0) is 38.1 Å². The molecule has 104 valence electrons. The van der Waals surface area contributed by atoms with Gasteiger partial charge < -0.3 is 14.2 Å². The van der Waals surface area contributed by atoms with Gasteiger partial charge in [-0.2, -0.15) is 5.26 Å². The van der Waals surface area contributed by atoms with E-state index >= 15 is 0 Å². The first-order valence-electron chi connectivity index (χ1n) is 6.58. The van der Waals surface area contributed by atoms with Gasteiger partial charge in [0.25, 0.3) is 0 Å². The van der Waals surface area contributed by atoms with E-state index in [1.165, 1.54) is 0 Å². The van der Waals surface area contributed by atoms with Crippen LogP contribution in [-0.2, 0) is 9.47 Å². The first-order valence-corrected chi connectivity index (χ1v) is 6.58. The second-order valence-electron chi connectivity index (χ2n) is 4.18. The number of rotatable bonds is 9. The summed E-state index contributed by atoms with van der Waals surface area (Å²) in [5.74, 6) is 0.779. The van der Waals surface area contributed by atoms with Crippen LogP contribution in [0.15, 0.2) is 24.3 Å². The minimum absolute atomic E-state index is 0.120. The molecule has 0 spiro atoms. The highest BCUT2D eigenvalue weighted by Gasteiger charge is 2.01. The predicted molar refractivity (Wildman–Crippen MR) is 73.2 cm³/mol. The number of hydrogen-bond donors (Lipinski definition) is 0. The molecule has 0 saturated carbocycles. The highest BCUT2D eigenvalue weighted by atomic mass is 16.5. The minimum atomic E-state index is 0.120. The normalized spacial score (nSPS) is 11.8. The molecule has 1 rings (SSSR count). The molecule has 1 aromatic rings. The van der Waals surface area contributed by atoms with Crippen molar-refractivity contribution in [3.8, 4) is 11.8 Å². The first-order chi connectivity index (χ1) is 9.26. The lowest BCUT2D eigenvalue weighted by Crippen LogP contribution is -2.17. The van der Waals surface area contributed by atoms with E-state index in [4.69, 9.17) is 19.5 Å². The van der Waals surface area contributed by atoms with E-state index in [0.29, 0.717) is 25.4 Å². The zero-order valence-electron chi connectivity index (χ0n) is 11.6. The zero-order chi connectivity index (χ0) is 13.9. The van der Waals surface area contributed by atoms with Gasteiger partial charge in [0.2, 0.25) is 0 Å². The Bertz CT molecular complexity index is 383. The maximum atomic E-state index is 8.67. The average molecular weight is 263 g/mol. The van der Waals surface area contributed by atoms with Crippen molar-refractivity contribution in [2.45, 2.75) is 26.4 Å². The zero-order valence-corrected chi connectivity index (χ0v) is 11.6. The van der Waals surface area contributed by atoms with Crippen LogP contribution in [0.4, 0.5) is 0 Å². The van der Waals surface area contributed by atoms with E-state index in [1.807, 2.05) is 13.8 Å². The third-order valence-electron chi connectivity index (χ3n) is 2.50. The van der Waals surface area contributed by atoms with Crippen LogP contribution in [0, 0.1) is 11.3 Å². The van der Waals surface area contributed by atoms with Crippen molar-refractivity contribution < 1.29 is 14.2 Å². The molecule has 1 aromatic carbocycles. The van der Waals surface area contributed by atoms with Gasteiger partial charge in [0.05, 0.1) is 37.6 Å². The fourth-order valence-electron chi connectivity index (χ4n) is 1.49. The van der Waals surface area contributed by atoms with Crippen LogP contribution in [-0.4, -0.2) is 32.5 Å². The SMILES string of the molecule is CCOCC(C)OCCCOc1ccc(C#N)cc1. The van der Waals surface area contributed by atoms with E-state index in [0.717, 1.165) is 18.8 Å². The van der Waals surface area contributed by atoms with Gasteiger partial charge in [-0.1, -0.05) is 0 Å². The smallest absolute Gasteiger partial charge is 0.119 e. The third kappa shape index (κ3) is 6.80. The lowest BCUT2D eigenvalue weighted by molar-refractivity contribution is -0.00666. The van der Waals surface area contributed by atoms with Crippen LogP contribution in [0.3, 0.4) is 0 Å². The quantitative estimate of drug-likeness (QED) is 0.643. The summed E-state index contributed by atoms with van der Waals surface area (Å²) in [5, 5.41) is 8.67. The number of nitrogens with zero attached hydrogens (tertiary/aromatic N) is 1. The van der Waals surface area contributed by atoms with Gasteiger partial charge in [0.15, 0.2) is 0 Å². The molecule has 1 atom stereocenters. The van der Waals surface area contributed by atoms with E-state index < -0.39 is 0 Å². The van der Waals surface area contributed by atoms with Crippen molar-refractivity contribution in [3.05, 3.63) is 29.8 Å². The topological polar surface area (TPSA) is 51.5 Å². The lowest BCUT2D eigenvalue weighted by Gasteiger charge is -2.13. The summed E-state index contributed by atoms with van der Waals surface area (Å²) >= 11 is 0. The van der Waals surface area contributed by atoms with Gasteiger partial charge in [-0.15, -0.1) is 0 Å². The molecule has 19 heavy (non-hydrogen) atoms. The molecule has 0 bridgehead atoms. The Hall–Kier alpha value is -1.57. The molecule has 1 unspecified atom stereocenters. The van der Waals surface area contributed by atoms with Crippen molar-refractivity contribution in [3.63, 3.8) is 0 Å². The first kappa shape index (κ1) is 15.5. The van der Waals surface area contributed by atoms with Gasteiger partial charge in [0, 0.05) is 13.0 Å². The third-order valence-corrected chi connectivity index (χ3v) is 2.50. The van der Waals surface area contributed by atoms with E-state index in [9.17, 15) is 0 Å². The van der Waals surface area contributed by atoms with Crippen LogP contribution in [0.25, 0.3) is 0 Å². The molecule has 0 radical (unpaired) electrons. The largest absolute Gasteiger partial charge is 0.494 e. The lowest BCUT2D eigenvalue weighted by atomic mass is 10.2. The number of ether oxygens (including phenoxy) is 3. The summed E-state index contributed by atoms with van der Waals surface area (Å²) in [6, 6.07) is 9.17. The molecule has 0 amide bonds. The standard InChI is InChI=1S/C15H21NO3/c1-3-17-12-13(2)18-9-4-10-19-15-7-5-14(11-16)6-8-15/h5-8,13H,3-4,9-10,12H2,1-2H3. The molecule has 0 saturated heterocycles. The molecule has 0 heterocycles. The molecule has 0 N–H and O–H groups in total. The second-order valence-corrected chi connectivity index (χ2v) is 4.18. The van der Waals surface area contributed by atoms with Gasteiger partial charge in [-0.3, -0.25) is 0 Å². The Labute approximate surface area is 114 Å². The Morgan fingerprint density at radius 2 is 1.95 bits per heavy atom. The van der Waals surface area contributed by atoms with Crippen LogP contribution >= 0.6 is 0 Å². The maximum Gasteiger partial charge on any atom is 0.119 e. The number of benzene rings is 1. The van der Waals surface area contributed by atoms with Crippen molar-refractivity contribution in [1.82, 2.24) is 0 Å². The molecule has 0 fully saturated rings. The van der Waals surface area contributed by atoms with Crippen LogP contribution in [0.1, 0.15) is 25.8 Å². The number of nitriles is 1. The predicted octanol–water partition coefficient (Wildman–Crippen LogP) is 2.77. The van der Waals surface area contributed by atoms with Gasteiger partial charge in [0.1, 0.15) is 5.75 Å². The fraction of sp³-hybridized carbons (Fsp3) is 0.533. The molecular formula is C15H21NO3. The monoisotopic (exact) mass is 263 g/mol. The van der Waals surface area contributed by atoms with Crippen molar-refractivity contribution in [1.29, 1.82) is 5.26 Å². The average Bonchev–Trinajstić information content (AvgIpc) is 2.45. The van der Waals surface area contributed by atoms with E-state index in [-0.39, 0.29) is 6.10 Å². The van der Waals surface area contributed by atoms with Crippen LogP contribution in [0.5, 0.6) is 5.75 Å². The molecule has 4 heteroatoms. The summed E-state index contributed by atoms with van der Waals surface area (Å²) < 4.78 is 16.4. The van der Waals surface area contributed by atoms with Gasteiger partial charge in [-0.25, -0.2) is 0 Å². The molecule has 0 aliphatic carbocycles. The van der Waals surface area contributed by atoms with Crippen molar-refractivity contribution in [2.75, 3.05) is 26.4 Å². The summed E-state index contributed by atoms with van der Waals surface area (Å²) in [5.41, 5.74) is 0.639. The summed E-state index contributed by atoms with van der Waals surface area (Å²) in [6.45, 7) is 6.58. The Balaban J connectivity index is 2.08. The molecule has 0 aliphatic heterocycles. The Kier molecular flexibility index (Phi) is 7.64. The van der Waals surface area contributed by atoms with E-state index in [1.54, 1.807) is 24.3 Å². The molecule has 0 aromatic heterocycles. The van der Waals surface area contributed by atoms with Crippen LogP contribution < -0.4 is 4.74 Å². The molecular weight excluding hydrogens is 242 g/mol. The molecule has 0 aliphatic rings.